The molecular formula is C11H19NO3. The highest BCUT2D eigenvalue weighted by atomic mass is 16.8. The third-order valence-corrected chi connectivity index (χ3v) is 4.19. The molecule has 0 saturated heterocycles. The minimum atomic E-state index is -0.740. The summed E-state index contributed by atoms with van der Waals surface area (Å²) >= 11 is 0. The molecule has 0 aromatic carbocycles. The summed E-state index contributed by atoms with van der Waals surface area (Å²) < 4.78 is 5.46. The molecule has 2 aliphatic carbocycles. The fourth-order valence-corrected chi connectivity index (χ4v) is 3.45. The monoisotopic (exact) mass is 213 g/mol. The first-order chi connectivity index (χ1) is 7.08. The molecule has 0 aromatic rings. The van der Waals surface area contributed by atoms with Crippen molar-refractivity contribution in [1.82, 2.24) is 0 Å². The molecule has 0 amide bonds. The Balaban J connectivity index is 2.15. The number of rotatable bonds is 2. The Morgan fingerprint density at radius 3 is 2.60 bits per heavy atom. The lowest BCUT2D eigenvalue weighted by atomic mass is 9.76. The van der Waals surface area contributed by atoms with E-state index >= 15 is 0 Å². The van der Waals surface area contributed by atoms with E-state index in [-0.39, 0.29) is 5.60 Å². The van der Waals surface area contributed by atoms with Crippen LogP contribution in [0.25, 0.3) is 0 Å². The van der Waals surface area contributed by atoms with E-state index in [2.05, 4.69) is 18.7 Å². The topological polar surface area (TPSA) is 61.5 Å². The zero-order valence-electron chi connectivity index (χ0n) is 9.36. The molecule has 0 aromatic heterocycles. The second kappa shape index (κ2) is 3.67. The van der Waals surface area contributed by atoms with E-state index in [9.17, 15) is 4.79 Å². The highest BCUT2D eigenvalue weighted by Gasteiger charge is 2.55. The summed E-state index contributed by atoms with van der Waals surface area (Å²) in [7, 11) is 0. The molecule has 3 unspecified atom stereocenters. The van der Waals surface area contributed by atoms with Crippen LogP contribution in [0.5, 0.6) is 0 Å². The molecular weight excluding hydrogens is 194 g/mol. The smallest absolute Gasteiger partial charge is 0.426 e. The number of hydrogen-bond acceptors (Lipinski definition) is 4. The van der Waals surface area contributed by atoms with Gasteiger partial charge >= 0.3 is 6.16 Å². The number of ether oxygens (including phenoxy) is 1. The van der Waals surface area contributed by atoms with Crippen LogP contribution in [0.2, 0.25) is 0 Å². The number of fused-ring (bicyclic) bond motifs is 2. The Labute approximate surface area is 90.1 Å². The van der Waals surface area contributed by atoms with Crippen LogP contribution in [0, 0.1) is 17.8 Å². The van der Waals surface area contributed by atoms with Gasteiger partial charge in [0.2, 0.25) is 0 Å². The zero-order valence-corrected chi connectivity index (χ0v) is 9.36. The Bertz CT molecular complexity index is 267. The van der Waals surface area contributed by atoms with Gasteiger partial charge in [0.1, 0.15) is 5.60 Å². The van der Waals surface area contributed by atoms with E-state index in [1.807, 2.05) is 0 Å². The minimum absolute atomic E-state index is 0.320. The molecule has 2 fully saturated rings. The fourth-order valence-electron chi connectivity index (χ4n) is 3.45. The normalized spacial score (nSPS) is 38.4. The number of carbonyl (C=O) groups excluding carboxylic acids is 1. The standard InChI is InChI=1S/C11H19NO3/c1-7(2)11(14-10(13)15-12)6-8-3-4-9(11)5-8/h7-9H,3-6,12H2,1-2H3. The molecule has 0 heterocycles. The van der Waals surface area contributed by atoms with Gasteiger partial charge in [0.05, 0.1) is 0 Å². The summed E-state index contributed by atoms with van der Waals surface area (Å²) in [6.45, 7) is 4.20. The molecule has 3 atom stereocenters. The van der Waals surface area contributed by atoms with E-state index in [4.69, 9.17) is 10.6 Å². The van der Waals surface area contributed by atoms with Gasteiger partial charge in [-0.05, 0) is 43.4 Å². The second-order valence-electron chi connectivity index (χ2n) is 5.16. The van der Waals surface area contributed by atoms with Crippen LogP contribution in [0.1, 0.15) is 39.5 Å². The molecule has 86 valence electrons. The van der Waals surface area contributed by atoms with Crippen LogP contribution in [0.15, 0.2) is 0 Å². The van der Waals surface area contributed by atoms with Gasteiger partial charge in [0.25, 0.3) is 0 Å². The van der Waals surface area contributed by atoms with Gasteiger partial charge in [-0.3, -0.25) is 0 Å². The maximum atomic E-state index is 11.2. The molecule has 0 aliphatic heterocycles. The van der Waals surface area contributed by atoms with Crippen molar-refractivity contribution in [3.05, 3.63) is 0 Å². The van der Waals surface area contributed by atoms with E-state index < -0.39 is 6.16 Å². The van der Waals surface area contributed by atoms with Crippen LogP contribution < -0.4 is 5.90 Å². The highest BCUT2D eigenvalue weighted by molar-refractivity contribution is 5.60. The first kappa shape index (κ1) is 10.7. The predicted octanol–water partition coefficient (Wildman–Crippen LogP) is 2.23. The average Bonchev–Trinajstić information content (AvgIpc) is 2.77. The minimum Gasteiger partial charge on any atom is -0.426 e. The van der Waals surface area contributed by atoms with Gasteiger partial charge in [0, 0.05) is 0 Å². The Morgan fingerprint density at radius 2 is 2.20 bits per heavy atom. The van der Waals surface area contributed by atoms with Crippen LogP contribution in [0.3, 0.4) is 0 Å². The van der Waals surface area contributed by atoms with Crippen molar-refractivity contribution in [3.63, 3.8) is 0 Å². The Hall–Kier alpha value is -0.770. The van der Waals surface area contributed by atoms with Gasteiger partial charge in [0.15, 0.2) is 0 Å². The molecule has 2 rings (SSSR count). The summed E-state index contributed by atoms with van der Waals surface area (Å²) in [6.07, 6.45) is 3.87. The van der Waals surface area contributed by atoms with Crippen LogP contribution in [-0.4, -0.2) is 11.8 Å². The first-order valence-electron chi connectivity index (χ1n) is 5.68. The van der Waals surface area contributed by atoms with Crippen LogP contribution >= 0.6 is 0 Å². The Kier molecular flexibility index (Phi) is 2.63. The molecule has 15 heavy (non-hydrogen) atoms. The largest absolute Gasteiger partial charge is 0.528 e. The molecule has 2 N–H and O–H groups in total. The zero-order chi connectivity index (χ0) is 11.1. The van der Waals surface area contributed by atoms with Gasteiger partial charge < -0.3 is 9.57 Å². The summed E-state index contributed by atoms with van der Waals surface area (Å²) in [6, 6.07) is 0. The molecule has 2 saturated carbocycles. The van der Waals surface area contributed by atoms with E-state index in [0.29, 0.717) is 11.8 Å². The molecule has 2 aliphatic rings. The second-order valence-corrected chi connectivity index (χ2v) is 5.16. The van der Waals surface area contributed by atoms with Crippen LogP contribution in [0.4, 0.5) is 4.79 Å². The third kappa shape index (κ3) is 1.61. The van der Waals surface area contributed by atoms with Gasteiger partial charge in [-0.1, -0.05) is 13.8 Å². The van der Waals surface area contributed by atoms with Crippen molar-refractivity contribution >= 4 is 6.16 Å². The van der Waals surface area contributed by atoms with Crippen LogP contribution in [-0.2, 0) is 9.57 Å². The quantitative estimate of drug-likeness (QED) is 0.564. The molecule has 0 radical (unpaired) electrons. The fraction of sp³-hybridized carbons (Fsp3) is 0.909. The van der Waals surface area contributed by atoms with Gasteiger partial charge in [-0.2, -0.15) is 5.90 Å². The first-order valence-corrected chi connectivity index (χ1v) is 5.68. The Morgan fingerprint density at radius 1 is 1.47 bits per heavy atom. The molecule has 4 heteroatoms. The number of nitrogens with two attached hydrogens (primary N) is 1. The van der Waals surface area contributed by atoms with E-state index in [1.165, 1.54) is 19.3 Å². The molecule has 0 spiro atoms. The molecule has 2 bridgehead atoms. The van der Waals surface area contributed by atoms with Crippen molar-refractivity contribution in [3.8, 4) is 0 Å². The van der Waals surface area contributed by atoms with Crippen molar-refractivity contribution in [2.24, 2.45) is 23.7 Å². The molecule has 4 nitrogen and oxygen atoms in total. The van der Waals surface area contributed by atoms with Crippen molar-refractivity contribution in [1.29, 1.82) is 0 Å². The lowest BCUT2D eigenvalue weighted by Gasteiger charge is -2.39. The summed E-state index contributed by atoms with van der Waals surface area (Å²) in [4.78, 5) is 15.3. The number of carbonyl (C=O) groups is 1. The van der Waals surface area contributed by atoms with E-state index in [0.717, 1.165) is 12.3 Å². The SMILES string of the molecule is CC(C)C1(OC(=O)ON)CC2CCC1C2. The van der Waals surface area contributed by atoms with Crippen molar-refractivity contribution in [2.75, 3.05) is 0 Å². The predicted molar refractivity (Wildman–Crippen MR) is 54.8 cm³/mol. The highest BCUT2D eigenvalue weighted by Crippen LogP contribution is 2.55. The summed E-state index contributed by atoms with van der Waals surface area (Å²) in [5, 5.41) is 0. The number of hydrogen-bond donors (Lipinski definition) is 1. The van der Waals surface area contributed by atoms with Gasteiger partial charge in [-0.15, -0.1) is 0 Å². The van der Waals surface area contributed by atoms with Gasteiger partial charge in [-0.25, -0.2) is 4.79 Å². The van der Waals surface area contributed by atoms with Crippen molar-refractivity contribution < 1.29 is 14.4 Å². The maximum absolute atomic E-state index is 11.2. The average molecular weight is 213 g/mol. The lowest BCUT2D eigenvalue weighted by Crippen LogP contribution is -2.45. The summed E-state index contributed by atoms with van der Waals surface area (Å²) in [5.41, 5.74) is -0.320. The lowest BCUT2D eigenvalue weighted by molar-refractivity contribution is -0.0930. The maximum Gasteiger partial charge on any atom is 0.528 e. The third-order valence-electron chi connectivity index (χ3n) is 4.19. The van der Waals surface area contributed by atoms with E-state index in [1.54, 1.807) is 0 Å². The van der Waals surface area contributed by atoms with Crippen molar-refractivity contribution in [2.45, 2.75) is 45.1 Å². The summed E-state index contributed by atoms with van der Waals surface area (Å²) in [5.74, 6) is 6.39.